The van der Waals surface area contributed by atoms with Crippen LogP contribution in [0.25, 0.3) is 0 Å². The first-order valence-electron chi connectivity index (χ1n) is 11.5. The molecule has 0 bridgehead atoms. The molecule has 0 saturated carbocycles. The number of amides is 3. The largest absolute Gasteiger partial charge is 0.338 e. The number of benzene rings is 4. The van der Waals surface area contributed by atoms with Gasteiger partial charge in [0.25, 0.3) is 5.91 Å². The maximum absolute atomic E-state index is 13.6. The lowest BCUT2D eigenvalue weighted by molar-refractivity contribution is 0.0982. The van der Waals surface area contributed by atoms with Gasteiger partial charge in [0, 0.05) is 22.0 Å². The highest BCUT2D eigenvalue weighted by molar-refractivity contribution is 7.99. The average molecular weight is 480 g/mol. The van der Waals surface area contributed by atoms with E-state index >= 15 is 0 Å². The fourth-order valence-electron chi connectivity index (χ4n) is 4.06. The Bertz CT molecular complexity index is 1340. The summed E-state index contributed by atoms with van der Waals surface area (Å²) in [4.78, 5) is 29.9. The van der Waals surface area contributed by atoms with Crippen LogP contribution in [0.3, 0.4) is 0 Å². The number of hydrogen-bond donors (Lipinski definition) is 2. The number of anilines is 2. The summed E-state index contributed by atoms with van der Waals surface area (Å²) in [6.45, 7) is 0.971. The van der Waals surface area contributed by atoms with Crippen LogP contribution in [0.1, 0.15) is 21.5 Å². The molecular weight excluding hydrogens is 454 g/mol. The summed E-state index contributed by atoms with van der Waals surface area (Å²) in [6, 6.07) is 33.1. The van der Waals surface area contributed by atoms with E-state index < -0.39 is 0 Å². The molecule has 0 atom stereocenters. The third-order valence-corrected chi connectivity index (χ3v) is 6.96. The molecule has 4 aromatic carbocycles. The summed E-state index contributed by atoms with van der Waals surface area (Å²) < 4.78 is 0. The van der Waals surface area contributed by atoms with Gasteiger partial charge in [0.15, 0.2) is 0 Å². The molecule has 174 valence electrons. The van der Waals surface area contributed by atoms with Crippen molar-refractivity contribution in [2.24, 2.45) is 0 Å². The van der Waals surface area contributed by atoms with Crippen LogP contribution in [0.2, 0.25) is 0 Å². The molecule has 0 spiro atoms. The van der Waals surface area contributed by atoms with Gasteiger partial charge in [-0.25, -0.2) is 4.79 Å². The number of nitrogens with one attached hydrogen (secondary N) is 2. The molecule has 1 heterocycles. The molecule has 4 aromatic rings. The minimum absolute atomic E-state index is 0.0554. The topological polar surface area (TPSA) is 61.4 Å². The molecule has 35 heavy (non-hydrogen) atoms. The molecule has 0 aliphatic carbocycles. The molecule has 6 heteroatoms. The van der Waals surface area contributed by atoms with Crippen molar-refractivity contribution < 1.29 is 9.59 Å². The summed E-state index contributed by atoms with van der Waals surface area (Å²) >= 11 is 1.57. The summed E-state index contributed by atoms with van der Waals surface area (Å²) in [5.41, 5.74) is 4.30. The highest BCUT2D eigenvalue weighted by Gasteiger charge is 2.27. The highest BCUT2D eigenvalue weighted by atomic mass is 32.2. The van der Waals surface area contributed by atoms with Gasteiger partial charge >= 0.3 is 6.03 Å². The van der Waals surface area contributed by atoms with E-state index in [0.717, 1.165) is 27.5 Å². The second kappa shape index (κ2) is 10.5. The number of carbonyl (C=O) groups is 2. The van der Waals surface area contributed by atoms with Crippen molar-refractivity contribution in [2.75, 3.05) is 16.8 Å². The third kappa shape index (κ3) is 5.39. The Balaban J connectivity index is 1.37. The van der Waals surface area contributed by atoms with Gasteiger partial charge < -0.3 is 15.5 Å². The van der Waals surface area contributed by atoms with Crippen LogP contribution in [0.5, 0.6) is 0 Å². The molecule has 2 N–H and O–H groups in total. The van der Waals surface area contributed by atoms with Crippen molar-refractivity contribution >= 4 is 35.1 Å². The molecule has 5 nitrogen and oxygen atoms in total. The zero-order valence-corrected chi connectivity index (χ0v) is 19.9. The molecule has 0 unspecified atom stereocenters. The van der Waals surface area contributed by atoms with E-state index in [1.807, 2.05) is 103 Å². The molecule has 5 rings (SSSR count). The van der Waals surface area contributed by atoms with Crippen molar-refractivity contribution in [1.29, 1.82) is 0 Å². The fraction of sp³-hybridized carbons (Fsp3) is 0.103. The van der Waals surface area contributed by atoms with Crippen LogP contribution in [-0.2, 0) is 13.0 Å². The third-order valence-electron chi connectivity index (χ3n) is 5.82. The molecule has 3 amide bonds. The normalized spacial score (nSPS) is 12.3. The van der Waals surface area contributed by atoms with Gasteiger partial charge in [0.2, 0.25) is 0 Å². The minimum atomic E-state index is -0.272. The van der Waals surface area contributed by atoms with Crippen LogP contribution in [0, 0.1) is 0 Å². The fourth-order valence-corrected chi connectivity index (χ4v) is 5.12. The number of nitrogens with zero attached hydrogens (tertiary/aromatic N) is 1. The monoisotopic (exact) mass is 479 g/mol. The Labute approximate surface area is 209 Å². The lowest BCUT2D eigenvalue weighted by Gasteiger charge is -2.24. The Kier molecular flexibility index (Phi) is 6.82. The van der Waals surface area contributed by atoms with Crippen molar-refractivity contribution in [3.05, 3.63) is 120 Å². The minimum Gasteiger partial charge on any atom is -0.338 e. The Morgan fingerprint density at radius 2 is 1.46 bits per heavy atom. The van der Waals surface area contributed by atoms with E-state index in [1.54, 1.807) is 16.7 Å². The van der Waals surface area contributed by atoms with Crippen molar-refractivity contribution in [3.63, 3.8) is 0 Å². The summed E-state index contributed by atoms with van der Waals surface area (Å²) in [6.07, 6.45) is 0.757. The van der Waals surface area contributed by atoms with E-state index in [4.69, 9.17) is 0 Å². The quantitative estimate of drug-likeness (QED) is 0.338. The van der Waals surface area contributed by atoms with Crippen molar-refractivity contribution in [1.82, 2.24) is 5.32 Å². The van der Waals surface area contributed by atoms with E-state index in [9.17, 15) is 9.59 Å². The number of urea groups is 1. The van der Waals surface area contributed by atoms with E-state index in [-0.39, 0.29) is 11.9 Å². The summed E-state index contributed by atoms with van der Waals surface area (Å²) in [5.74, 6) is -0.0554. The lowest BCUT2D eigenvalue weighted by atomic mass is 10.1. The highest BCUT2D eigenvalue weighted by Crippen LogP contribution is 2.43. The van der Waals surface area contributed by atoms with Gasteiger partial charge in [-0.3, -0.25) is 4.79 Å². The van der Waals surface area contributed by atoms with Crippen LogP contribution >= 0.6 is 11.8 Å². The maximum Gasteiger partial charge on any atom is 0.319 e. The van der Waals surface area contributed by atoms with Crippen LogP contribution in [-0.4, -0.2) is 18.5 Å². The van der Waals surface area contributed by atoms with Gasteiger partial charge in [0.1, 0.15) is 0 Å². The molecule has 1 aliphatic rings. The first-order valence-corrected chi connectivity index (χ1v) is 12.3. The predicted octanol–water partition coefficient (Wildman–Crippen LogP) is 6.36. The number of carbonyl (C=O) groups excluding carboxylic acids is 2. The maximum atomic E-state index is 13.6. The average Bonchev–Trinajstić information content (AvgIpc) is 3.00. The van der Waals surface area contributed by atoms with Crippen LogP contribution in [0.4, 0.5) is 16.2 Å². The first-order chi connectivity index (χ1) is 17.2. The molecule has 0 aromatic heterocycles. The SMILES string of the molecule is O=C(NCCc1ccccc1)Nc1ccc2c(c1)N(Cc1ccccc1)C(=O)c1ccccc1S2. The van der Waals surface area contributed by atoms with Crippen molar-refractivity contribution in [3.8, 4) is 0 Å². The molecule has 0 fully saturated rings. The van der Waals surface area contributed by atoms with Gasteiger partial charge in [0.05, 0.1) is 17.8 Å². The van der Waals surface area contributed by atoms with Gasteiger partial charge in [-0.1, -0.05) is 84.6 Å². The number of fused-ring (bicyclic) bond motifs is 2. The Morgan fingerprint density at radius 3 is 2.23 bits per heavy atom. The zero-order valence-electron chi connectivity index (χ0n) is 19.1. The van der Waals surface area contributed by atoms with Gasteiger partial charge in [-0.15, -0.1) is 0 Å². The Hall–Kier alpha value is -4.03. The smallest absolute Gasteiger partial charge is 0.319 e. The number of rotatable bonds is 6. The van der Waals surface area contributed by atoms with E-state index in [1.165, 1.54) is 5.56 Å². The summed E-state index contributed by atoms with van der Waals surface area (Å²) in [5, 5.41) is 5.83. The zero-order chi connectivity index (χ0) is 24.0. The lowest BCUT2D eigenvalue weighted by Crippen LogP contribution is -2.31. The molecular formula is C29H25N3O2S. The molecule has 0 radical (unpaired) electrons. The number of hydrogen-bond acceptors (Lipinski definition) is 3. The van der Waals surface area contributed by atoms with E-state index in [2.05, 4.69) is 10.6 Å². The Morgan fingerprint density at radius 1 is 0.771 bits per heavy atom. The van der Waals surface area contributed by atoms with Gasteiger partial charge in [-0.05, 0) is 47.9 Å². The molecule has 1 aliphatic heterocycles. The standard InChI is InChI=1S/C29H25N3O2S/c33-28-24-13-7-8-14-26(24)35-27-16-15-23(19-25(27)32(28)20-22-11-5-2-6-12-22)31-29(34)30-18-17-21-9-3-1-4-10-21/h1-16,19H,17-18,20H2,(H2,30,31,34). The second-order valence-corrected chi connectivity index (χ2v) is 9.36. The van der Waals surface area contributed by atoms with E-state index in [0.29, 0.717) is 24.3 Å². The molecule has 0 saturated heterocycles. The first kappa shape index (κ1) is 22.7. The summed E-state index contributed by atoms with van der Waals surface area (Å²) in [7, 11) is 0. The second-order valence-electron chi connectivity index (χ2n) is 8.27. The van der Waals surface area contributed by atoms with Crippen LogP contribution < -0.4 is 15.5 Å². The van der Waals surface area contributed by atoms with Crippen LogP contribution in [0.15, 0.2) is 113 Å². The van der Waals surface area contributed by atoms with Crippen molar-refractivity contribution in [2.45, 2.75) is 22.8 Å². The van der Waals surface area contributed by atoms with Gasteiger partial charge in [-0.2, -0.15) is 0 Å². The predicted molar refractivity (Wildman–Crippen MR) is 141 cm³/mol.